The predicted molar refractivity (Wildman–Crippen MR) is 36.7 cm³/mol. The molecule has 1 aliphatic heterocycles. The quantitative estimate of drug-likeness (QED) is 0.585. The van der Waals surface area contributed by atoms with E-state index in [1.807, 2.05) is 0 Å². The number of aliphatic hydroxyl groups excluding tert-OH is 2. The van der Waals surface area contributed by atoms with Crippen LogP contribution in [0.25, 0.3) is 0 Å². The van der Waals surface area contributed by atoms with E-state index in [2.05, 4.69) is 0 Å². The molecule has 0 bridgehead atoms. The van der Waals surface area contributed by atoms with Crippen molar-refractivity contribution in [3.8, 4) is 0 Å². The van der Waals surface area contributed by atoms with Gasteiger partial charge in [0.1, 0.15) is 0 Å². The summed E-state index contributed by atoms with van der Waals surface area (Å²) >= 11 is 0. The van der Waals surface area contributed by atoms with E-state index < -0.39 is 6.10 Å². The van der Waals surface area contributed by atoms with Gasteiger partial charge in [0.2, 0.25) is 0 Å². The summed E-state index contributed by atoms with van der Waals surface area (Å²) < 4.78 is 5.25. The summed E-state index contributed by atoms with van der Waals surface area (Å²) in [5.41, 5.74) is 0. The van der Waals surface area contributed by atoms with E-state index in [1.54, 1.807) is 0 Å². The van der Waals surface area contributed by atoms with E-state index in [4.69, 9.17) is 14.9 Å². The predicted octanol–water partition coefficient (Wildman–Crippen LogP) is -0.0913. The molecule has 0 aliphatic carbocycles. The maximum Gasteiger partial charge on any atom is 0.0795 e. The van der Waals surface area contributed by atoms with Crippen LogP contribution in [-0.2, 0) is 4.74 Å². The van der Waals surface area contributed by atoms with Crippen molar-refractivity contribution in [3.63, 3.8) is 0 Å². The molecule has 2 atom stereocenters. The average Bonchev–Trinajstić information content (AvgIpc) is 2.40. The average molecular weight is 146 g/mol. The highest BCUT2D eigenvalue weighted by Crippen LogP contribution is 2.16. The Morgan fingerprint density at radius 3 is 2.90 bits per heavy atom. The Hall–Kier alpha value is -0.120. The Balaban J connectivity index is 2.11. The first-order valence-corrected chi connectivity index (χ1v) is 3.73. The number of aliphatic hydroxyl groups is 2. The van der Waals surface area contributed by atoms with Gasteiger partial charge in [0, 0.05) is 13.0 Å². The zero-order chi connectivity index (χ0) is 7.40. The molecule has 2 N–H and O–H groups in total. The van der Waals surface area contributed by atoms with Crippen molar-refractivity contribution in [3.05, 3.63) is 0 Å². The molecule has 1 saturated heterocycles. The lowest BCUT2D eigenvalue weighted by molar-refractivity contribution is 0.0270. The first kappa shape index (κ1) is 7.98. The van der Waals surface area contributed by atoms with Crippen LogP contribution >= 0.6 is 0 Å². The number of rotatable bonds is 3. The van der Waals surface area contributed by atoms with Gasteiger partial charge < -0.3 is 14.9 Å². The smallest absolute Gasteiger partial charge is 0.0795 e. The zero-order valence-electron chi connectivity index (χ0n) is 5.99. The number of hydrogen-bond acceptors (Lipinski definition) is 3. The van der Waals surface area contributed by atoms with Crippen molar-refractivity contribution in [1.82, 2.24) is 0 Å². The van der Waals surface area contributed by atoms with Gasteiger partial charge in [-0.2, -0.15) is 0 Å². The second-order valence-electron chi connectivity index (χ2n) is 2.71. The van der Waals surface area contributed by atoms with Crippen LogP contribution in [0.3, 0.4) is 0 Å². The van der Waals surface area contributed by atoms with Gasteiger partial charge in [0.05, 0.1) is 18.8 Å². The van der Waals surface area contributed by atoms with Gasteiger partial charge in [-0.05, 0) is 12.8 Å². The fourth-order valence-corrected chi connectivity index (χ4v) is 1.21. The topological polar surface area (TPSA) is 49.7 Å². The maximum atomic E-state index is 8.99. The van der Waals surface area contributed by atoms with Crippen molar-refractivity contribution in [1.29, 1.82) is 0 Å². The molecule has 1 fully saturated rings. The van der Waals surface area contributed by atoms with Gasteiger partial charge in [-0.1, -0.05) is 0 Å². The SMILES string of the molecule is OCC(O)CC1CCCO1. The van der Waals surface area contributed by atoms with Crippen LogP contribution in [0.4, 0.5) is 0 Å². The second kappa shape index (κ2) is 3.91. The van der Waals surface area contributed by atoms with E-state index in [9.17, 15) is 0 Å². The maximum absolute atomic E-state index is 8.99. The molecule has 0 amide bonds. The summed E-state index contributed by atoms with van der Waals surface area (Å²) in [4.78, 5) is 0. The van der Waals surface area contributed by atoms with Crippen molar-refractivity contribution >= 4 is 0 Å². The molecular weight excluding hydrogens is 132 g/mol. The van der Waals surface area contributed by atoms with Crippen LogP contribution in [0.1, 0.15) is 19.3 Å². The monoisotopic (exact) mass is 146 g/mol. The minimum atomic E-state index is -0.594. The van der Waals surface area contributed by atoms with Crippen molar-refractivity contribution in [2.24, 2.45) is 0 Å². The lowest BCUT2D eigenvalue weighted by Gasteiger charge is -2.11. The molecule has 0 spiro atoms. The molecule has 10 heavy (non-hydrogen) atoms. The summed E-state index contributed by atoms with van der Waals surface area (Å²) in [7, 11) is 0. The third kappa shape index (κ3) is 2.25. The highest BCUT2D eigenvalue weighted by atomic mass is 16.5. The van der Waals surface area contributed by atoms with Crippen molar-refractivity contribution in [2.45, 2.75) is 31.5 Å². The molecule has 0 saturated carbocycles. The zero-order valence-corrected chi connectivity index (χ0v) is 5.99. The van der Waals surface area contributed by atoms with Crippen LogP contribution in [0.2, 0.25) is 0 Å². The van der Waals surface area contributed by atoms with E-state index in [-0.39, 0.29) is 12.7 Å². The van der Waals surface area contributed by atoms with E-state index in [0.29, 0.717) is 6.42 Å². The lowest BCUT2D eigenvalue weighted by Crippen LogP contribution is -2.19. The van der Waals surface area contributed by atoms with E-state index in [1.165, 1.54) is 0 Å². The minimum absolute atomic E-state index is 0.153. The van der Waals surface area contributed by atoms with Gasteiger partial charge in [-0.15, -0.1) is 0 Å². The van der Waals surface area contributed by atoms with Gasteiger partial charge in [0.25, 0.3) is 0 Å². The highest BCUT2D eigenvalue weighted by Gasteiger charge is 2.18. The van der Waals surface area contributed by atoms with E-state index in [0.717, 1.165) is 19.4 Å². The molecule has 1 rings (SSSR count). The molecule has 0 aromatic heterocycles. The Morgan fingerprint density at radius 2 is 2.40 bits per heavy atom. The molecular formula is C7H14O3. The van der Waals surface area contributed by atoms with Crippen LogP contribution in [0, 0.1) is 0 Å². The Morgan fingerprint density at radius 1 is 1.60 bits per heavy atom. The third-order valence-corrected chi connectivity index (χ3v) is 1.77. The first-order valence-electron chi connectivity index (χ1n) is 3.73. The molecule has 1 heterocycles. The summed E-state index contributed by atoms with van der Waals surface area (Å²) in [6.45, 7) is 0.655. The molecule has 60 valence electrons. The number of hydrogen-bond donors (Lipinski definition) is 2. The summed E-state index contributed by atoms with van der Waals surface area (Å²) in [6, 6.07) is 0. The van der Waals surface area contributed by atoms with Gasteiger partial charge in [0.15, 0.2) is 0 Å². The summed E-state index contributed by atoms with van der Waals surface area (Å²) in [6.07, 6.45) is 2.28. The Bertz CT molecular complexity index is 88.9. The van der Waals surface area contributed by atoms with Gasteiger partial charge in [-0.3, -0.25) is 0 Å². The molecule has 3 nitrogen and oxygen atoms in total. The van der Waals surface area contributed by atoms with Crippen LogP contribution in [0.15, 0.2) is 0 Å². The molecule has 2 unspecified atom stereocenters. The molecule has 3 heteroatoms. The Kier molecular flexibility index (Phi) is 3.12. The van der Waals surface area contributed by atoms with Crippen LogP contribution < -0.4 is 0 Å². The number of ether oxygens (including phenoxy) is 1. The second-order valence-corrected chi connectivity index (χ2v) is 2.71. The highest BCUT2D eigenvalue weighted by molar-refractivity contribution is 4.68. The van der Waals surface area contributed by atoms with Crippen LogP contribution in [-0.4, -0.2) is 35.6 Å². The van der Waals surface area contributed by atoms with Crippen LogP contribution in [0.5, 0.6) is 0 Å². The molecule has 1 aliphatic rings. The summed E-state index contributed by atoms with van der Waals surface area (Å²) in [5, 5.41) is 17.5. The van der Waals surface area contributed by atoms with Gasteiger partial charge in [-0.25, -0.2) is 0 Å². The first-order chi connectivity index (χ1) is 4.83. The molecule has 0 aromatic rings. The van der Waals surface area contributed by atoms with Crippen molar-refractivity contribution in [2.75, 3.05) is 13.2 Å². The standard InChI is InChI=1S/C7H14O3/c8-5-6(9)4-7-2-1-3-10-7/h6-9H,1-5H2. The Labute approximate surface area is 60.6 Å². The normalized spacial score (nSPS) is 28.8. The van der Waals surface area contributed by atoms with E-state index >= 15 is 0 Å². The minimum Gasteiger partial charge on any atom is -0.394 e. The third-order valence-electron chi connectivity index (χ3n) is 1.77. The molecule has 0 aromatic carbocycles. The fourth-order valence-electron chi connectivity index (χ4n) is 1.21. The largest absolute Gasteiger partial charge is 0.394 e. The van der Waals surface area contributed by atoms with Gasteiger partial charge >= 0.3 is 0 Å². The summed E-state index contributed by atoms with van der Waals surface area (Å²) in [5.74, 6) is 0. The molecule has 0 radical (unpaired) electrons. The fraction of sp³-hybridized carbons (Fsp3) is 1.00. The lowest BCUT2D eigenvalue weighted by atomic mass is 10.1. The van der Waals surface area contributed by atoms with Crippen molar-refractivity contribution < 1.29 is 14.9 Å².